The van der Waals surface area contributed by atoms with Gasteiger partial charge in [0.05, 0.1) is 27.2 Å². The predicted molar refractivity (Wildman–Crippen MR) is 79.4 cm³/mol. The Kier molecular flexibility index (Phi) is 3.29. The van der Waals surface area contributed by atoms with Crippen molar-refractivity contribution in [3.05, 3.63) is 41.5 Å². The minimum atomic E-state index is -0.342. The van der Waals surface area contributed by atoms with Gasteiger partial charge < -0.3 is 19.0 Å². The molecule has 108 valence electrons. The van der Waals surface area contributed by atoms with Crippen LogP contribution in [0.3, 0.4) is 0 Å². The monoisotopic (exact) mass is 284 g/mol. The van der Waals surface area contributed by atoms with Crippen LogP contribution in [0.1, 0.15) is 17.0 Å². The SMILES string of the molecule is COc1cc2c(c(OC)c1OC)C(C=O)c1ccccc1-2. The molecule has 1 atom stereocenters. The molecular weight excluding hydrogens is 268 g/mol. The van der Waals surface area contributed by atoms with Gasteiger partial charge in [-0.15, -0.1) is 0 Å². The topological polar surface area (TPSA) is 44.8 Å². The molecule has 0 heterocycles. The van der Waals surface area contributed by atoms with Gasteiger partial charge in [-0.25, -0.2) is 0 Å². The van der Waals surface area contributed by atoms with Crippen LogP contribution in [-0.2, 0) is 4.79 Å². The fraction of sp³-hybridized carbons (Fsp3) is 0.235. The lowest BCUT2D eigenvalue weighted by Gasteiger charge is -2.17. The lowest BCUT2D eigenvalue weighted by atomic mass is 9.97. The molecule has 1 aliphatic carbocycles. The molecule has 1 unspecified atom stereocenters. The third-order valence-electron chi connectivity index (χ3n) is 3.90. The van der Waals surface area contributed by atoms with Crippen molar-refractivity contribution in [2.75, 3.05) is 21.3 Å². The van der Waals surface area contributed by atoms with E-state index in [4.69, 9.17) is 14.2 Å². The highest BCUT2D eigenvalue weighted by Crippen LogP contribution is 2.54. The second kappa shape index (κ2) is 5.13. The molecule has 4 heteroatoms. The Bertz CT molecular complexity index is 706. The van der Waals surface area contributed by atoms with E-state index in [-0.39, 0.29) is 5.92 Å². The van der Waals surface area contributed by atoms with E-state index in [9.17, 15) is 4.79 Å². The van der Waals surface area contributed by atoms with Gasteiger partial charge in [0.15, 0.2) is 11.5 Å². The van der Waals surface area contributed by atoms with E-state index < -0.39 is 0 Å². The molecule has 3 rings (SSSR count). The van der Waals surface area contributed by atoms with Gasteiger partial charge in [0, 0.05) is 5.56 Å². The predicted octanol–water partition coefficient (Wildman–Crippen LogP) is 3.02. The van der Waals surface area contributed by atoms with Crippen molar-refractivity contribution in [1.82, 2.24) is 0 Å². The minimum Gasteiger partial charge on any atom is -0.493 e. The first-order valence-electron chi connectivity index (χ1n) is 6.64. The molecule has 2 aromatic rings. The lowest BCUT2D eigenvalue weighted by molar-refractivity contribution is -0.108. The summed E-state index contributed by atoms with van der Waals surface area (Å²) in [5, 5.41) is 0. The highest BCUT2D eigenvalue weighted by atomic mass is 16.5. The molecule has 0 saturated heterocycles. The van der Waals surface area contributed by atoms with E-state index in [1.165, 1.54) is 0 Å². The molecule has 21 heavy (non-hydrogen) atoms. The maximum absolute atomic E-state index is 11.6. The van der Waals surface area contributed by atoms with Gasteiger partial charge in [0.2, 0.25) is 5.75 Å². The average Bonchev–Trinajstić information content (AvgIpc) is 2.86. The number of hydrogen-bond acceptors (Lipinski definition) is 4. The van der Waals surface area contributed by atoms with Crippen molar-refractivity contribution in [3.63, 3.8) is 0 Å². The van der Waals surface area contributed by atoms with Crippen molar-refractivity contribution in [2.45, 2.75) is 5.92 Å². The van der Waals surface area contributed by atoms with Crippen molar-refractivity contribution < 1.29 is 19.0 Å². The van der Waals surface area contributed by atoms with Crippen LogP contribution >= 0.6 is 0 Å². The summed E-state index contributed by atoms with van der Waals surface area (Å²) in [6.07, 6.45) is 0.944. The van der Waals surface area contributed by atoms with Crippen LogP contribution in [-0.4, -0.2) is 27.6 Å². The van der Waals surface area contributed by atoms with Crippen molar-refractivity contribution in [2.24, 2.45) is 0 Å². The first-order chi connectivity index (χ1) is 10.3. The maximum atomic E-state index is 11.6. The Morgan fingerprint density at radius 1 is 0.952 bits per heavy atom. The number of rotatable bonds is 4. The number of hydrogen-bond donors (Lipinski definition) is 0. The highest BCUT2D eigenvalue weighted by Gasteiger charge is 2.34. The Hall–Kier alpha value is -2.49. The number of carbonyl (C=O) groups is 1. The van der Waals surface area contributed by atoms with Crippen LogP contribution in [0.5, 0.6) is 17.2 Å². The van der Waals surface area contributed by atoms with Gasteiger partial charge in [-0.1, -0.05) is 24.3 Å². The summed E-state index contributed by atoms with van der Waals surface area (Å²) >= 11 is 0. The Morgan fingerprint density at radius 3 is 2.29 bits per heavy atom. The van der Waals surface area contributed by atoms with Gasteiger partial charge in [0.1, 0.15) is 6.29 Å². The van der Waals surface area contributed by atoms with Gasteiger partial charge in [-0.05, 0) is 22.8 Å². The molecule has 0 N–H and O–H groups in total. The summed E-state index contributed by atoms with van der Waals surface area (Å²) in [6, 6.07) is 9.76. The second-order valence-corrected chi connectivity index (χ2v) is 4.81. The van der Waals surface area contributed by atoms with Crippen molar-refractivity contribution in [3.8, 4) is 28.4 Å². The Morgan fingerprint density at radius 2 is 1.67 bits per heavy atom. The fourth-order valence-electron chi connectivity index (χ4n) is 3.02. The van der Waals surface area contributed by atoms with Crippen LogP contribution in [0.4, 0.5) is 0 Å². The van der Waals surface area contributed by atoms with Crippen LogP contribution in [0, 0.1) is 0 Å². The van der Waals surface area contributed by atoms with Crippen molar-refractivity contribution >= 4 is 6.29 Å². The summed E-state index contributed by atoms with van der Waals surface area (Å²) in [4.78, 5) is 11.6. The number of benzene rings is 2. The quantitative estimate of drug-likeness (QED) is 0.810. The van der Waals surface area contributed by atoms with E-state index in [0.717, 1.165) is 28.5 Å². The zero-order chi connectivity index (χ0) is 15.0. The van der Waals surface area contributed by atoms with E-state index in [1.807, 2.05) is 30.3 Å². The lowest BCUT2D eigenvalue weighted by Crippen LogP contribution is -2.03. The first kappa shape index (κ1) is 13.5. The number of fused-ring (bicyclic) bond motifs is 3. The van der Waals surface area contributed by atoms with E-state index in [1.54, 1.807) is 21.3 Å². The van der Waals surface area contributed by atoms with Crippen LogP contribution in [0.15, 0.2) is 30.3 Å². The molecular formula is C17H16O4. The zero-order valence-electron chi connectivity index (χ0n) is 12.2. The van der Waals surface area contributed by atoms with Crippen LogP contribution in [0.25, 0.3) is 11.1 Å². The number of carbonyl (C=O) groups excluding carboxylic acids is 1. The molecule has 4 nitrogen and oxygen atoms in total. The highest BCUT2D eigenvalue weighted by molar-refractivity contribution is 5.91. The van der Waals surface area contributed by atoms with Crippen molar-refractivity contribution in [1.29, 1.82) is 0 Å². The van der Waals surface area contributed by atoms with Gasteiger partial charge >= 0.3 is 0 Å². The molecule has 0 aromatic heterocycles. The number of methoxy groups -OCH3 is 3. The van der Waals surface area contributed by atoms with Gasteiger partial charge in [-0.3, -0.25) is 0 Å². The summed E-state index contributed by atoms with van der Waals surface area (Å²) < 4.78 is 16.3. The molecule has 0 spiro atoms. The molecule has 2 aromatic carbocycles. The average molecular weight is 284 g/mol. The van der Waals surface area contributed by atoms with Crippen LogP contribution < -0.4 is 14.2 Å². The second-order valence-electron chi connectivity index (χ2n) is 4.81. The van der Waals surface area contributed by atoms with E-state index in [2.05, 4.69) is 0 Å². The van der Waals surface area contributed by atoms with E-state index in [0.29, 0.717) is 17.2 Å². The first-order valence-corrected chi connectivity index (χ1v) is 6.64. The normalized spacial score (nSPS) is 15.1. The van der Waals surface area contributed by atoms with Gasteiger partial charge in [-0.2, -0.15) is 0 Å². The van der Waals surface area contributed by atoms with Crippen LogP contribution in [0.2, 0.25) is 0 Å². The standard InChI is InChI=1S/C17H16O4/c1-19-14-8-12-10-6-4-5-7-11(10)13(9-18)15(12)17(21-3)16(14)20-2/h4-9,13H,1-3H3. The number of ether oxygens (including phenoxy) is 3. The zero-order valence-corrected chi connectivity index (χ0v) is 12.2. The maximum Gasteiger partial charge on any atom is 0.203 e. The number of aldehydes is 1. The smallest absolute Gasteiger partial charge is 0.203 e. The summed E-state index contributed by atoms with van der Waals surface area (Å²) in [6.45, 7) is 0. The molecule has 0 radical (unpaired) electrons. The minimum absolute atomic E-state index is 0.342. The summed E-state index contributed by atoms with van der Waals surface area (Å²) in [5.41, 5.74) is 3.81. The molecule has 0 saturated carbocycles. The molecule has 1 aliphatic rings. The molecule has 0 fully saturated rings. The third-order valence-corrected chi connectivity index (χ3v) is 3.90. The summed E-state index contributed by atoms with van der Waals surface area (Å²) in [7, 11) is 4.72. The Labute approximate surface area is 123 Å². The Balaban J connectivity index is 2.38. The van der Waals surface area contributed by atoms with Gasteiger partial charge in [0.25, 0.3) is 0 Å². The molecule has 0 amide bonds. The van der Waals surface area contributed by atoms with E-state index >= 15 is 0 Å². The largest absolute Gasteiger partial charge is 0.493 e. The molecule has 0 aliphatic heterocycles. The third kappa shape index (κ3) is 1.79. The molecule has 0 bridgehead atoms. The fourth-order valence-corrected chi connectivity index (χ4v) is 3.02. The summed E-state index contributed by atoms with van der Waals surface area (Å²) in [5.74, 6) is 1.32.